The van der Waals surface area contributed by atoms with Crippen LogP contribution in [-0.4, -0.2) is 21.4 Å². The predicted molar refractivity (Wildman–Crippen MR) is 91.6 cm³/mol. The number of hydrogen-bond acceptors (Lipinski definition) is 2. The minimum absolute atomic E-state index is 0.564. The Labute approximate surface area is 131 Å². The quantitative estimate of drug-likeness (QED) is 0.833. The van der Waals surface area contributed by atoms with Gasteiger partial charge in [0.15, 0.2) is 5.11 Å². The van der Waals surface area contributed by atoms with E-state index in [4.69, 9.17) is 12.2 Å². The van der Waals surface area contributed by atoms with Gasteiger partial charge in [-0.15, -0.1) is 0 Å². The molecular formula is C16H22N4S. The van der Waals surface area contributed by atoms with Gasteiger partial charge in [-0.1, -0.05) is 43.7 Å². The summed E-state index contributed by atoms with van der Waals surface area (Å²) in [4.78, 5) is 0. The summed E-state index contributed by atoms with van der Waals surface area (Å²) in [5.41, 5.74) is 3.41. The minimum Gasteiger partial charge on any atom is -0.362 e. The maximum atomic E-state index is 5.25. The Hall–Kier alpha value is -1.88. The van der Waals surface area contributed by atoms with Crippen LogP contribution in [0, 0.1) is 12.8 Å². The molecule has 2 rings (SSSR count). The molecule has 0 fully saturated rings. The highest BCUT2D eigenvalue weighted by Gasteiger charge is 2.03. The van der Waals surface area contributed by atoms with E-state index < -0.39 is 0 Å². The number of nitrogens with zero attached hydrogens (tertiary/aromatic N) is 2. The van der Waals surface area contributed by atoms with E-state index in [-0.39, 0.29) is 0 Å². The van der Waals surface area contributed by atoms with Crippen LogP contribution in [0.25, 0.3) is 0 Å². The normalized spacial score (nSPS) is 10.7. The van der Waals surface area contributed by atoms with Gasteiger partial charge in [0.05, 0.1) is 18.4 Å². The third-order valence-electron chi connectivity index (χ3n) is 2.99. The SMILES string of the molecule is Cc1cccc(Cn2cc(NC(=S)NCC(C)C)cn2)c1. The van der Waals surface area contributed by atoms with E-state index in [0.29, 0.717) is 11.0 Å². The summed E-state index contributed by atoms with van der Waals surface area (Å²) in [6, 6.07) is 8.44. The molecule has 1 aromatic carbocycles. The van der Waals surface area contributed by atoms with Crippen molar-refractivity contribution in [3.8, 4) is 0 Å². The average molecular weight is 302 g/mol. The lowest BCUT2D eigenvalue weighted by Gasteiger charge is -2.10. The van der Waals surface area contributed by atoms with Gasteiger partial charge in [0.25, 0.3) is 0 Å². The Balaban J connectivity index is 1.91. The first-order chi connectivity index (χ1) is 10.0. The molecule has 0 bridgehead atoms. The zero-order valence-corrected chi connectivity index (χ0v) is 13.6. The van der Waals surface area contributed by atoms with Gasteiger partial charge < -0.3 is 10.6 Å². The molecule has 0 radical (unpaired) electrons. The largest absolute Gasteiger partial charge is 0.362 e. The van der Waals surface area contributed by atoms with Crippen LogP contribution >= 0.6 is 12.2 Å². The fourth-order valence-corrected chi connectivity index (χ4v) is 2.19. The van der Waals surface area contributed by atoms with E-state index in [1.165, 1.54) is 11.1 Å². The molecule has 1 heterocycles. The smallest absolute Gasteiger partial charge is 0.170 e. The van der Waals surface area contributed by atoms with Crippen LogP contribution < -0.4 is 10.6 Å². The number of nitrogens with one attached hydrogen (secondary N) is 2. The van der Waals surface area contributed by atoms with Gasteiger partial charge in [0, 0.05) is 12.7 Å². The van der Waals surface area contributed by atoms with Crippen molar-refractivity contribution in [2.75, 3.05) is 11.9 Å². The number of benzene rings is 1. The van der Waals surface area contributed by atoms with Gasteiger partial charge >= 0.3 is 0 Å². The van der Waals surface area contributed by atoms with Gasteiger partial charge in [-0.3, -0.25) is 4.68 Å². The number of aryl methyl sites for hydroxylation is 1. The van der Waals surface area contributed by atoms with Crippen molar-refractivity contribution in [3.63, 3.8) is 0 Å². The summed E-state index contributed by atoms with van der Waals surface area (Å²) in [6.07, 6.45) is 3.75. The van der Waals surface area contributed by atoms with E-state index in [2.05, 4.69) is 60.8 Å². The molecule has 0 aliphatic heterocycles. The van der Waals surface area contributed by atoms with Gasteiger partial charge in [-0.2, -0.15) is 5.10 Å². The van der Waals surface area contributed by atoms with Crippen molar-refractivity contribution in [3.05, 3.63) is 47.8 Å². The zero-order chi connectivity index (χ0) is 15.2. The topological polar surface area (TPSA) is 41.9 Å². The third-order valence-corrected chi connectivity index (χ3v) is 3.24. The van der Waals surface area contributed by atoms with Crippen LogP contribution in [0.15, 0.2) is 36.7 Å². The third kappa shape index (κ3) is 5.19. The summed E-state index contributed by atoms with van der Waals surface area (Å²) in [5.74, 6) is 0.564. The summed E-state index contributed by atoms with van der Waals surface area (Å²) in [7, 11) is 0. The maximum absolute atomic E-state index is 5.25. The first kappa shape index (κ1) is 15.5. The Kier molecular flexibility index (Phi) is 5.33. The Bertz CT molecular complexity index is 604. The molecule has 0 amide bonds. The Morgan fingerprint density at radius 1 is 1.38 bits per heavy atom. The second-order valence-electron chi connectivity index (χ2n) is 5.64. The molecule has 2 aromatic rings. The van der Waals surface area contributed by atoms with Crippen LogP contribution in [0.4, 0.5) is 5.69 Å². The van der Waals surface area contributed by atoms with Gasteiger partial charge in [0.2, 0.25) is 0 Å². The molecular weight excluding hydrogens is 280 g/mol. The summed E-state index contributed by atoms with van der Waals surface area (Å²) < 4.78 is 1.90. The monoisotopic (exact) mass is 302 g/mol. The number of hydrogen-bond donors (Lipinski definition) is 2. The van der Waals surface area contributed by atoms with Crippen LogP contribution in [0.3, 0.4) is 0 Å². The van der Waals surface area contributed by atoms with E-state index in [0.717, 1.165) is 18.8 Å². The molecule has 21 heavy (non-hydrogen) atoms. The van der Waals surface area contributed by atoms with Crippen molar-refractivity contribution >= 4 is 23.0 Å². The lowest BCUT2D eigenvalue weighted by Crippen LogP contribution is -2.31. The Morgan fingerprint density at radius 2 is 2.19 bits per heavy atom. The van der Waals surface area contributed by atoms with Gasteiger partial charge in [-0.05, 0) is 30.6 Å². The first-order valence-corrected chi connectivity index (χ1v) is 7.56. The molecule has 5 heteroatoms. The first-order valence-electron chi connectivity index (χ1n) is 7.16. The number of anilines is 1. The lowest BCUT2D eigenvalue weighted by atomic mass is 10.1. The number of aromatic nitrogens is 2. The van der Waals surface area contributed by atoms with Crippen LogP contribution in [0.5, 0.6) is 0 Å². The van der Waals surface area contributed by atoms with Crippen LogP contribution in [0.2, 0.25) is 0 Å². The summed E-state index contributed by atoms with van der Waals surface area (Å²) in [5, 5.41) is 11.3. The van der Waals surface area contributed by atoms with Crippen molar-refractivity contribution in [1.29, 1.82) is 0 Å². The van der Waals surface area contributed by atoms with Crippen LogP contribution in [0.1, 0.15) is 25.0 Å². The molecule has 112 valence electrons. The van der Waals surface area contributed by atoms with E-state index in [1.54, 1.807) is 6.20 Å². The van der Waals surface area contributed by atoms with Crippen molar-refractivity contribution < 1.29 is 0 Å². The van der Waals surface area contributed by atoms with Crippen molar-refractivity contribution in [2.45, 2.75) is 27.3 Å². The van der Waals surface area contributed by atoms with E-state index >= 15 is 0 Å². The fourth-order valence-electron chi connectivity index (χ4n) is 1.98. The average Bonchev–Trinajstić information content (AvgIpc) is 2.83. The lowest BCUT2D eigenvalue weighted by molar-refractivity contribution is 0.627. The molecule has 0 aliphatic rings. The molecule has 0 saturated heterocycles. The second kappa shape index (κ2) is 7.22. The molecule has 0 aliphatic carbocycles. The van der Waals surface area contributed by atoms with Crippen molar-refractivity contribution in [2.24, 2.45) is 5.92 Å². The molecule has 1 aromatic heterocycles. The molecule has 0 spiro atoms. The van der Waals surface area contributed by atoms with Gasteiger partial charge in [-0.25, -0.2) is 0 Å². The highest BCUT2D eigenvalue weighted by atomic mass is 32.1. The fraction of sp³-hybridized carbons (Fsp3) is 0.375. The summed E-state index contributed by atoms with van der Waals surface area (Å²) >= 11 is 5.25. The Morgan fingerprint density at radius 3 is 2.90 bits per heavy atom. The number of thiocarbonyl (C=S) groups is 1. The summed E-state index contributed by atoms with van der Waals surface area (Å²) in [6.45, 7) is 8.02. The van der Waals surface area contributed by atoms with Crippen molar-refractivity contribution in [1.82, 2.24) is 15.1 Å². The minimum atomic E-state index is 0.564. The molecule has 2 N–H and O–H groups in total. The highest BCUT2D eigenvalue weighted by molar-refractivity contribution is 7.80. The van der Waals surface area contributed by atoms with E-state index in [1.807, 2.05) is 10.9 Å². The van der Waals surface area contributed by atoms with Gasteiger partial charge in [0.1, 0.15) is 0 Å². The van der Waals surface area contributed by atoms with E-state index in [9.17, 15) is 0 Å². The number of rotatable bonds is 5. The molecule has 4 nitrogen and oxygen atoms in total. The maximum Gasteiger partial charge on any atom is 0.170 e. The predicted octanol–water partition coefficient (Wildman–Crippen LogP) is 3.18. The molecule has 0 saturated carbocycles. The molecule has 0 atom stereocenters. The second-order valence-corrected chi connectivity index (χ2v) is 6.05. The van der Waals surface area contributed by atoms with Crippen LogP contribution in [-0.2, 0) is 6.54 Å². The standard InChI is InChI=1S/C16H22N4S/c1-12(2)8-17-16(21)19-15-9-18-20(11-15)10-14-6-4-5-13(3)7-14/h4-7,9,11-12H,8,10H2,1-3H3,(H2,17,19,21). The highest BCUT2D eigenvalue weighted by Crippen LogP contribution is 2.09. The molecule has 0 unspecified atom stereocenters. The zero-order valence-electron chi connectivity index (χ0n) is 12.8.